The Labute approximate surface area is 132 Å². The fourth-order valence-corrected chi connectivity index (χ4v) is 1.61. The number of nitrogens with zero attached hydrogens (tertiary/aromatic N) is 3. The first kappa shape index (κ1) is 16.0. The van der Waals surface area contributed by atoms with E-state index in [1.54, 1.807) is 24.3 Å². The van der Waals surface area contributed by atoms with Gasteiger partial charge in [-0.15, -0.1) is 0 Å². The van der Waals surface area contributed by atoms with Crippen molar-refractivity contribution in [3.8, 4) is 11.6 Å². The van der Waals surface area contributed by atoms with E-state index in [1.165, 1.54) is 26.7 Å². The Balaban J connectivity index is 2.18. The number of rotatable bonds is 5. The van der Waals surface area contributed by atoms with Gasteiger partial charge in [0.1, 0.15) is 30.6 Å². The van der Waals surface area contributed by atoms with E-state index in [1.807, 2.05) is 0 Å². The summed E-state index contributed by atoms with van der Waals surface area (Å²) < 4.78 is 5.67. The van der Waals surface area contributed by atoms with Crippen LogP contribution in [0.5, 0.6) is 11.6 Å². The van der Waals surface area contributed by atoms with Crippen LogP contribution in [0.2, 0.25) is 0 Å². The number of anilines is 2. The zero-order valence-corrected chi connectivity index (χ0v) is 12.6. The Morgan fingerprint density at radius 2 is 2.04 bits per heavy atom. The zero-order chi connectivity index (χ0) is 16.7. The van der Waals surface area contributed by atoms with Crippen LogP contribution in [-0.2, 0) is 4.84 Å². The lowest BCUT2D eigenvalue weighted by Crippen LogP contribution is -2.24. The number of urea groups is 1. The molecule has 2 rings (SSSR count). The summed E-state index contributed by atoms with van der Waals surface area (Å²) in [5, 5.41) is 8.75. The highest BCUT2D eigenvalue weighted by Crippen LogP contribution is 2.25. The van der Waals surface area contributed by atoms with Crippen LogP contribution in [0, 0.1) is 0 Å². The molecule has 0 saturated heterocycles. The van der Waals surface area contributed by atoms with Crippen LogP contribution < -0.4 is 21.1 Å². The molecule has 0 aliphatic heterocycles. The van der Waals surface area contributed by atoms with Crippen LogP contribution in [0.25, 0.3) is 0 Å². The molecule has 1 heterocycles. The maximum Gasteiger partial charge on any atom is 0.318 e. The Morgan fingerprint density at radius 3 is 2.70 bits per heavy atom. The number of oxime groups is 1. The van der Waals surface area contributed by atoms with Gasteiger partial charge < -0.3 is 25.9 Å². The second kappa shape index (κ2) is 7.59. The molecule has 2 amide bonds. The minimum atomic E-state index is -0.305. The van der Waals surface area contributed by atoms with E-state index in [0.717, 1.165) is 0 Å². The van der Waals surface area contributed by atoms with Crippen LogP contribution in [0.15, 0.2) is 35.7 Å². The molecule has 23 heavy (non-hydrogen) atoms. The topological polar surface area (TPSA) is 124 Å². The maximum atomic E-state index is 11.2. The summed E-state index contributed by atoms with van der Waals surface area (Å²) in [7, 11) is 2.95. The lowest BCUT2D eigenvalue weighted by molar-refractivity contribution is 0.215. The van der Waals surface area contributed by atoms with Gasteiger partial charge in [0.15, 0.2) is 0 Å². The van der Waals surface area contributed by atoms with E-state index in [4.69, 9.17) is 10.5 Å². The Kier molecular flexibility index (Phi) is 5.29. The molecular weight excluding hydrogens is 300 g/mol. The maximum absolute atomic E-state index is 11.2. The number of ether oxygens (including phenoxy) is 1. The molecule has 0 aliphatic rings. The van der Waals surface area contributed by atoms with Crippen molar-refractivity contribution in [2.24, 2.45) is 5.16 Å². The Bertz CT molecular complexity index is 702. The summed E-state index contributed by atoms with van der Waals surface area (Å²) in [6.07, 6.45) is 2.66. The van der Waals surface area contributed by atoms with Crippen molar-refractivity contribution in [3.63, 3.8) is 0 Å². The van der Waals surface area contributed by atoms with Gasteiger partial charge in [-0.3, -0.25) is 0 Å². The van der Waals surface area contributed by atoms with Gasteiger partial charge in [0.2, 0.25) is 5.88 Å². The number of benzene rings is 1. The molecule has 120 valence electrons. The third kappa shape index (κ3) is 4.30. The monoisotopic (exact) mass is 316 g/mol. The molecule has 0 unspecified atom stereocenters. The van der Waals surface area contributed by atoms with Crippen molar-refractivity contribution in [1.29, 1.82) is 0 Å². The van der Waals surface area contributed by atoms with Gasteiger partial charge in [0.05, 0.1) is 6.21 Å². The Hall–Kier alpha value is -3.36. The second-order valence-corrected chi connectivity index (χ2v) is 4.23. The first-order valence-electron chi connectivity index (χ1n) is 6.57. The van der Waals surface area contributed by atoms with E-state index in [-0.39, 0.29) is 17.7 Å². The highest BCUT2D eigenvalue weighted by Gasteiger charge is 2.10. The summed E-state index contributed by atoms with van der Waals surface area (Å²) in [6.45, 7) is 0. The Morgan fingerprint density at radius 1 is 1.30 bits per heavy atom. The molecule has 0 radical (unpaired) electrons. The van der Waals surface area contributed by atoms with Gasteiger partial charge >= 0.3 is 6.03 Å². The van der Waals surface area contributed by atoms with Gasteiger partial charge in [-0.1, -0.05) is 5.16 Å². The van der Waals surface area contributed by atoms with E-state index < -0.39 is 0 Å². The van der Waals surface area contributed by atoms with Crippen LogP contribution in [-0.4, -0.2) is 36.4 Å². The molecule has 9 nitrogen and oxygen atoms in total. The number of nitrogen functional groups attached to an aromatic ring is 1. The number of hydrogen-bond donors (Lipinski definition) is 3. The average molecular weight is 316 g/mol. The molecule has 9 heteroatoms. The standard InChI is InChI=1S/C14H16N6O3/c1-16-14(21)20-9-3-5-10(6-4-9)23-13-11(7-19-22-2)12(15)17-8-18-13/h3-8H,1-2H3,(H2,15,17,18)(H2,16,20,21)/b19-7+. The lowest BCUT2D eigenvalue weighted by atomic mass is 10.3. The first-order valence-corrected chi connectivity index (χ1v) is 6.57. The smallest absolute Gasteiger partial charge is 0.318 e. The van der Waals surface area contributed by atoms with Crippen molar-refractivity contribution in [1.82, 2.24) is 15.3 Å². The molecule has 0 spiro atoms. The van der Waals surface area contributed by atoms with Crippen LogP contribution in [0.4, 0.5) is 16.3 Å². The van der Waals surface area contributed by atoms with Crippen LogP contribution in [0.3, 0.4) is 0 Å². The largest absolute Gasteiger partial charge is 0.438 e. The molecule has 4 N–H and O–H groups in total. The van der Waals surface area contributed by atoms with Gasteiger partial charge in [-0.25, -0.2) is 14.8 Å². The third-order valence-corrected chi connectivity index (χ3v) is 2.72. The van der Waals surface area contributed by atoms with Crippen molar-refractivity contribution in [2.45, 2.75) is 0 Å². The predicted octanol–water partition coefficient (Wildman–Crippen LogP) is 1.58. The number of carbonyl (C=O) groups excluding carboxylic acids is 1. The summed E-state index contributed by atoms with van der Waals surface area (Å²) in [5.41, 5.74) is 6.81. The molecule has 0 fully saturated rings. The third-order valence-electron chi connectivity index (χ3n) is 2.72. The highest BCUT2D eigenvalue weighted by atomic mass is 16.6. The summed E-state index contributed by atoms with van der Waals surface area (Å²) >= 11 is 0. The van der Waals surface area contributed by atoms with Crippen LogP contribution >= 0.6 is 0 Å². The minimum absolute atomic E-state index is 0.216. The number of amides is 2. The molecule has 0 bridgehead atoms. The van der Waals surface area contributed by atoms with E-state index in [0.29, 0.717) is 17.0 Å². The van der Waals surface area contributed by atoms with Gasteiger partial charge in [0.25, 0.3) is 0 Å². The summed E-state index contributed by atoms with van der Waals surface area (Å²) in [4.78, 5) is 23.8. The molecule has 0 atom stereocenters. The highest BCUT2D eigenvalue weighted by molar-refractivity contribution is 5.89. The van der Waals surface area contributed by atoms with Crippen molar-refractivity contribution in [3.05, 3.63) is 36.2 Å². The predicted molar refractivity (Wildman–Crippen MR) is 85.6 cm³/mol. The fraction of sp³-hybridized carbons (Fsp3) is 0.143. The van der Waals surface area contributed by atoms with Crippen molar-refractivity contribution >= 4 is 23.8 Å². The minimum Gasteiger partial charge on any atom is -0.438 e. The van der Waals surface area contributed by atoms with Gasteiger partial charge in [-0.05, 0) is 24.3 Å². The number of nitrogens with two attached hydrogens (primary N) is 1. The fourth-order valence-electron chi connectivity index (χ4n) is 1.61. The number of nitrogens with one attached hydrogen (secondary N) is 2. The van der Waals surface area contributed by atoms with E-state index >= 15 is 0 Å². The number of carbonyl (C=O) groups is 1. The van der Waals surface area contributed by atoms with Crippen molar-refractivity contribution < 1.29 is 14.4 Å². The summed E-state index contributed by atoms with van der Waals surface area (Å²) in [5.74, 6) is 0.969. The number of hydrogen-bond acceptors (Lipinski definition) is 7. The van der Waals surface area contributed by atoms with Gasteiger partial charge in [0, 0.05) is 12.7 Å². The molecule has 1 aromatic carbocycles. The molecule has 2 aromatic rings. The zero-order valence-electron chi connectivity index (χ0n) is 12.6. The first-order chi connectivity index (χ1) is 11.1. The van der Waals surface area contributed by atoms with E-state index in [2.05, 4.69) is 30.6 Å². The molecular formula is C14H16N6O3. The average Bonchev–Trinajstić information content (AvgIpc) is 2.56. The quantitative estimate of drug-likeness (QED) is 0.568. The van der Waals surface area contributed by atoms with Gasteiger partial charge in [-0.2, -0.15) is 0 Å². The second-order valence-electron chi connectivity index (χ2n) is 4.23. The molecule has 0 aliphatic carbocycles. The van der Waals surface area contributed by atoms with E-state index in [9.17, 15) is 4.79 Å². The molecule has 1 aromatic heterocycles. The van der Waals surface area contributed by atoms with Crippen molar-refractivity contribution in [2.75, 3.05) is 25.2 Å². The normalized spacial score (nSPS) is 10.3. The van der Waals surface area contributed by atoms with Crippen LogP contribution in [0.1, 0.15) is 5.56 Å². The lowest BCUT2D eigenvalue weighted by Gasteiger charge is -2.09. The summed E-state index contributed by atoms with van der Waals surface area (Å²) in [6, 6.07) is 6.44. The molecule has 0 saturated carbocycles. The number of aromatic nitrogens is 2. The SMILES string of the molecule is CNC(=O)Nc1ccc(Oc2ncnc(N)c2/C=N/OC)cc1.